The molecule has 6 nitrogen and oxygen atoms in total. The van der Waals surface area contributed by atoms with Gasteiger partial charge in [0.05, 0.1) is 5.75 Å². The van der Waals surface area contributed by atoms with Crippen LogP contribution in [0.25, 0.3) is 0 Å². The lowest BCUT2D eigenvalue weighted by Gasteiger charge is -2.16. The Morgan fingerprint density at radius 2 is 1.85 bits per heavy atom. The van der Waals surface area contributed by atoms with Crippen molar-refractivity contribution < 1.29 is 17.9 Å². The third kappa shape index (κ3) is 4.95. The van der Waals surface area contributed by atoms with Crippen molar-refractivity contribution in [1.29, 1.82) is 0 Å². The highest BCUT2D eigenvalue weighted by Gasteiger charge is 2.39. The van der Waals surface area contributed by atoms with Gasteiger partial charge in [0.15, 0.2) is 0 Å². The number of pyridine rings is 1. The van der Waals surface area contributed by atoms with E-state index >= 15 is 0 Å². The average molecular weight is 395 g/mol. The van der Waals surface area contributed by atoms with E-state index < -0.39 is 15.1 Å². The fraction of sp³-hybridized carbons (Fsp3) is 0.333. The molecule has 138 valence electrons. The molecule has 1 aliphatic rings. The zero-order chi connectivity index (χ0) is 18.6. The van der Waals surface area contributed by atoms with Crippen LogP contribution < -0.4 is 0 Å². The molecule has 26 heavy (non-hydrogen) atoms. The second-order valence-electron chi connectivity index (χ2n) is 6.30. The Bertz CT molecular complexity index is 846. The van der Waals surface area contributed by atoms with Gasteiger partial charge in [0.25, 0.3) is 0 Å². The third-order valence-corrected chi connectivity index (χ3v) is 5.66. The molecular formula is C18H19ClN2O4S. The molecule has 1 fully saturated rings. The summed E-state index contributed by atoms with van der Waals surface area (Å²) >= 11 is 0. The van der Waals surface area contributed by atoms with E-state index in [-0.39, 0.29) is 30.7 Å². The average Bonchev–Trinajstić information content (AvgIpc) is 3.03. The number of ether oxygens (including phenoxy) is 1. The number of benzene rings is 1. The van der Waals surface area contributed by atoms with Crippen LogP contribution in [0.3, 0.4) is 0 Å². The zero-order valence-electron chi connectivity index (χ0n) is 14.0. The Morgan fingerprint density at radius 3 is 2.50 bits per heavy atom. The first-order valence-corrected chi connectivity index (χ1v) is 10.7. The Hall–Kier alpha value is -2.12. The molecular weight excluding hydrogens is 376 g/mol. The van der Waals surface area contributed by atoms with Crippen LogP contribution in [-0.2, 0) is 20.4 Å². The molecule has 0 spiro atoms. The monoisotopic (exact) mass is 394 g/mol. The van der Waals surface area contributed by atoms with E-state index in [1.165, 1.54) is 0 Å². The standard InChI is InChI=1S/C18H19ClN2O4S/c19-26(23,24)13-16-10-21(11-17(16)15-6-8-20-9-7-15)18(22)25-12-14-4-2-1-3-5-14/h1-9,16-17H,10-13H2. The fourth-order valence-corrected chi connectivity index (χ4v) is 4.58. The number of carbonyl (C=O) groups excluding carboxylic acids is 1. The molecule has 1 aromatic carbocycles. The molecule has 0 N–H and O–H groups in total. The SMILES string of the molecule is O=C(OCc1ccccc1)N1CC(CS(=O)(=O)Cl)C(c2ccncc2)C1. The van der Waals surface area contributed by atoms with Crippen molar-refractivity contribution in [3.05, 3.63) is 66.0 Å². The molecule has 0 radical (unpaired) electrons. The summed E-state index contributed by atoms with van der Waals surface area (Å²) < 4.78 is 28.5. The normalized spacial score (nSPS) is 20.1. The van der Waals surface area contributed by atoms with Crippen molar-refractivity contribution in [2.45, 2.75) is 12.5 Å². The van der Waals surface area contributed by atoms with Crippen LogP contribution in [-0.4, -0.2) is 43.2 Å². The van der Waals surface area contributed by atoms with Gasteiger partial charge < -0.3 is 9.64 Å². The minimum atomic E-state index is -3.68. The van der Waals surface area contributed by atoms with Gasteiger partial charge in [-0.2, -0.15) is 0 Å². The van der Waals surface area contributed by atoms with Crippen molar-refractivity contribution in [1.82, 2.24) is 9.88 Å². The summed E-state index contributed by atoms with van der Waals surface area (Å²) in [5.41, 5.74) is 1.83. The quantitative estimate of drug-likeness (QED) is 0.728. The molecule has 1 saturated heterocycles. The maximum Gasteiger partial charge on any atom is 0.410 e. The van der Waals surface area contributed by atoms with Gasteiger partial charge in [0.1, 0.15) is 6.61 Å². The number of rotatable bonds is 5. The summed E-state index contributed by atoms with van der Waals surface area (Å²) in [7, 11) is 1.78. The number of likely N-dealkylation sites (tertiary alicyclic amines) is 1. The van der Waals surface area contributed by atoms with Gasteiger partial charge in [0.2, 0.25) is 9.05 Å². The molecule has 2 heterocycles. The summed E-state index contributed by atoms with van der Waals surface area (Å²) in [6.07, 6.45) is 2.85. The van der Waals surface area contributed by atoms with Crippen LogP contribution in [0, 0.1) is 5.92 Å². The maximum atomic E-state index is 12.4. The van der Waals surface area contributed by atoms with Crippen molar-refractivity contribution in [3.8, 4) is 0 Å². The summed E-state index contributed by atoms with van der Waals surface area (Å²) in [5.74, 6) is -0.607. The molecule has 1 aromatic heterocycles. The number of amides is 1. The summed E-state index contributed by atoms with van der Waals surface area (Å²) in [4.78, 5) is 17.9. The molecule has 0 aliphatic carbocycles. The Kier molecular flexibility index (Phi) is 5.78. The highest BCUT2D eigenvalue weighted by Crippen LogP contribution is 2.34. The third-order valence-electron chi connectivity index (χ3n) is 4.45. The van der Waals surface area contributed by atoms with Crippen LogP contribution in [0.5, 0.6) is 0 Å². The molecule has 2 aromatic rings. The van der Waals surface area contributed by atoms with Crippen LogP contribution in [0.4, 0.5) is 4.79 Å². The number of carbonyl (C=O) groups is 1. The fourth-order valence-electron chi connectivity index (χ4n) is 3.24. The van der Waals surface area contributed by atoms with Crippen LogP contribution in [0.15, 0.2) is 54.9 Å². The lowest BCUT2D eigenvalue weighted by molar-refractivity contribution is 0.103. The van der Waals surface area contributed by atoms with E-state index in [4.69, 9.17) is 15.4 Å². The van der Waals surface area contributed by atoms with Crippen molar-refractivity contribution >= 4 is 25.8 Å². The van der Waals surface area contributed by atoms with Crippen molar-refractivity contribution in [3.63, 3.8) is 0 Å². The first-order valence-electron chi connectivity index (χ1n) is 8.20. The van der Waals surface area contributed by atoms with Gasteiger partial charge >= 0.3 is 6.09 Å². The molecule has 8 heteroatoms. The minimum absolute atomic E-state index is 0.129. The Labute approximate surface area is 157 Å². The second-order valence-corrected chi connectivity index (χ2v) is 9.12. The van der Waals surface area contributed by atoms with Gasteiger partial charge in [-0.1, -0.05) is 30.3 Å². The molecule has 2 atom stereocenters. The second kappa shape index (κ2) is 8.05. The molecule has 2 unspecified atom stereocenters. The topological polar surface area (TPSA) is 76.6 Å². The number of nitrogens with zero attached hydrogens (tertiary/aromatic N) is 2. The van der Waals surface area contributed by atoms with E-state index in [9.17, 15) is 13.2 Å². The van der Waals surface area contributed by atoms with E-state index in [1.807, 2.05) is 42.5 Å². The lowest BCUT2D eigenvalue weighted by Crippen LogP contribution is -2.30. The van der Waals surface area contributed by atoms with E-state index in [0.717, 1.165) is 11.1 Å². The minimum Gasteiger partial charge on any atom is -0.445 e. The van der Waals surface area contributed by atoms with Gasteiger partial charge in [-0.05, 0) is 23.3 Å². The molecule has 1 amide bonds. The number of halogens is 1. The van der Waals surface area contributed by atoms with E-state index in [2.05, 4.69) is 4.98 Å². The van der Waals surface area contributed by atoms with Crippen molar-refractivity contribution in [2.75, 3.05) is 18.8 Å². The molecule has 1 aliphatic heterocycles. The van der Waals surface area contributed by atoms with Gasteiger partial charge in [-0.3, -0.25) is 4.98 Å². The summed E-state index contributed by atoms with van der Waals surface area (Å²) in [6.45, 7) is 0.843. The van der Waals surface area contributed by atoms with Crippen LogP contribution >= 0.6 is 10.7 Å². The summed E-state index contributed by atoms with van der Waals surface area (Å²) in [6, 6.07) is 13.1. The molecule has 3 rings (SSSR count). The molecule has 0 saturated carbocycles. The predicted octanol–water partition coefficient (Wildman–Crippen LogP) is 3.00. The number of hydrogen-bond donors (Lipinski definition) is 0. The Morgan fingerprint density at radius 1 is 1.15 bits per heavy atom. The first kappa shape index (κ1) is 18.7. The number of hydrogen-bond acceptors (Lipinski definition) is 5. The van der Waals surface area contributed by atoms with Gasteiger partial charge in [0, 0.05) is 48.0 Å². The zero-order valence-corrected chi connectivity index (χ0v) is 15.6. The van der Waals surface area contributed by atoms with E-state index in [1.54, 1.807) is 17.3 Å². The summed E-state index contributed by atoms with van der Waals surface area (Å²) in [5, 5.41) is 0. The highest BCUT2D eigenvalue weighted by molar-refractivity contribution is 8.13. The highest BCUT2D eigenvalue weighted by atomic mass is 35.7. The smallest absolute Gasteiger partial charge is 0.410 e. The maximum absolute atomic E-state index is 12.4. The van der Waals surface area contributed by atoms with Gasteiger partial charge in [-0.15, -0.1) is 0 Å². The Balaban J connectivity index is 1.69. The van der Waals surface area contributed by atoms with E-state index in [0.29, 0.717) is 6.54 Å². The lowest BCUT2D eigenvalue weighted by atomic mass is 9.91. The van der Waals surface area contributed by atoms with Crippen molar-refractivity contribution in [2.24, 2.45) is 5.92 Å². The van der Waals surface area contributed by atoms with Gasteiger partial charge in [-0.25, -0.2) is 13.2 Å². The molecule has 0 bridgehead atoms. The number of aromatic nitrogens is 1. The van der Waals surface area contributed by atoms with Crippen LogP contribution in [0.1, 0.15) is 17.0 Å². The largest absolute Gasteiger partial charge is 0.445 e. The predicted molar refractivity (Wildman–Crippen MR) is 98.3 cm³/mol. The van der Waals surface area contributed by atoms with Crippen LogP contribution in [0.2, 0.25) is 0 Å². The first-order chi connectivity index (χ1) is 12.4.